The van der Waals surface area contributed by atoms with Gasteiger partial charge in [-0.15, -0.1) is 10.2 Å². The fourth-order valence-corrected chi connectivity index (χ4v) is 2.98. The number of carbonyl (C=O) groups excluding carboxylic acids is 1. The van der Waals surface area contributed by atoms with Gasteiger partial charge in [-0.2, -0.15) is 9.61 Å². The minimum atomic E-state index is -0.0818. The number of carbonyl (C=O) groups is 1. The van der Waals surface area contributed by atoms with Gasteiger partial charge < -0.3 is 5.32 Å². The van der Waals surface area contributed by atoms with E-state index >= 15 is 0 Å². The molecule has 0 aliphatic heterocycles. The van der Waals surface area contributed by atoms with Crippen molar-refractivity contribution in [3.63, 3.8) is 0 Å². The average Bonchev–Trinajstić information content (AvgIpc) is 3.02. The Labute approximate surface area is 133 Å². The maximum atomic E-state index is 12.0. The molecule has 0 radical (unpaired) electrons. The second kappa shape index (κ2) is 5.90. The summed E-state index contributed by atoms with van der Waals surface area (Å²) < 4.78 is 2.67. The summed E-state index contributed by atoms with van der Waals surface area (Å²) in [5, 5.41) is 16.2. The molecule has 0 aliphatic carbocycles. The largest absolute Gasteiger partial charge is 0.352 e. The predicted octanol–water partition coefficient (Wildman–Crippen LogP) is 2.23. The van der Waals surface area contributed by atoms with Gasteiger partial charge in [-0.05, 0) is 31.2 Å². The highest BCUT2D eigenvalue weighted by Crippen LogP contribution is 2.14. The van der Waals surface area contributed by atoms with Crippen LogP contribution in [0.1, 0.15) is 21.2 Å². The maximum Gasteiger partial charge on any atom is 0.251 e. The predicted molar refractivity (Wildman–Crippen MR) is 83.6 cm³/mol. The van der Waals surface area contributed by atoms with Crippen LogP contribution in [0, 0.1) is 6.92 Å². The molecule has 108 valence electrons. The Morgan fingerprint density at radius 3 is 2.81 bits per heavy atom. The van der Waals surface area contributed by atoms with Crippen LogP contribution < -0.4 is 5.32 Å². The average molecular weight is 366 g/mol. The summed E-state index contributed by atoms with van der Waals surface area (Å²) in [6.45, 7) is 2.40. The number of nitrogens with zero attached hydrogens (tertiary/aromatic N) is 4. The van der Waals surface area contributed by atoms with E-state index in [2.05, 4.69) is 36.5 Å². The van der Waals surface area contributed by atoms with Gasteiger partial charge >= 0.3 is 0 Å². The molecular formula is C13H12BrN5OS. The molecule has 6 nitrogen and oxygen atoms in total. The number of nitrogens with one attached hydrogen (secondary N) is 1. The SMILES string of the molecule is Cc1nnc2sc(CCNC(=O)c3ccc(Br)cc3)nn12. The van der Waals surface area contributed by atoms with Crippen LogP contribution in [0.15, 0.2) is 28.7 Å². The van der Waals surface area contributed by atoms with Crippen molar-refractivity contribution >= 4 is 38.1 Å². The van der Waals surface area contributed by atoms with Crippen molar-refractivity contribution in [2.24, 2.45) is 0 Å². The molecule has 0 saturated heterocycles. The summed E-state index contributed by atoms with van der Waals surface area (Å²) in [6.07, 6.45) is 0.676. The zero-order valence-corrected chi connectivity index (χ0v) is 13.6. The number of rotatable bonds is 4. The molecule has 3 aromatic rings. The van der Waals surface area contributed by atoms with Gasteiger partial charge in [0, 0.05) is 23.0 Å². The molecule has 1 N–H and O–H groups in total. The summed E-state index contributed by atoms with van der Waals surface area (Å²) in [6, 6.07) is 7.26. The van der Waals surface area contributed by atoms with Crippen LogP contribution in [0.2, 0.25) is 0 Å². The van der Waals surface area contributed by atoms with E-state index in [0.717, 1.165) is 20.3 Å². The number of amides is 1. The van der Waals surface area contributed by atoms with Crippen LogP contribution in [0.25, 0.3) is 4.96 Å². The zero-order valence-electron chi connectivity index (χ0n) is 11.2. The molecule has 0 bridgehead atoms. The molecule has 2 heterocycles. The second-order valence-corrected chi connectivity index (χ2v) is 6.41. The molecular weight excluding hydrogens is 354 g/mol. The molecule has 21 heavy (non-hydrogen) atoms. The molecule has 0 spiro atoms. The van der Waals surface area contributed by atoms with Gasteiger partial charge in [-0.1, -0.05) is 27.3 Å². The van der Waals surface area contributed by atoms with Crippen LogP contribution in [-0.2, 0) is 6.42 Å². The Morgan fingerprint density at radius 2 is 2.10 bits per heavy atom. The van der Waals surface area contributed by atoms with Gasteiger partial charge in [0.25, 0.3) is 5.91 Å². The number of benzene rings is 1. The number of aryl methyl sites for hydroxylation is 1. The molecule has 8 heteroatoms. The first-order valence-corrected chi connectivity index (χ1v) is 7.96. The Morgan fingerprint density at radius 1 is 1.33 bits per heavy atom. The summed E-state index contributed by atoms with van der Waals surface area (Å²) in [5.74, 6) is 0.688. The highest BCUT2D eigenvalue weighted by atomic mass is 79.9. The minimum Gasteiger partial charge on any atom is -0.352 e. The van der Waals surface area contributed by atoms with Gasteiger partial charge in [0.15, 0.2) is 5.82 Å². The van der Waals surface area contributed by atoms with E-state index < -0.39 is 0 Å². The van der Waals surface area contributed by atoms with Crippen molar-refractivity contribution in [1.29, 1.82) is 0 Å². The van der Waals surface area contributed by atoms with Crippen molar-refractivity contribution in [3.8, 4) is 0 Å². The maximum absolute atomic E-state index is 12.0. The number of hydrogen-bond acceptors (Lipinski definition) is 5. The standard InChI is InChI=1S/C13H12BrN5OS/c1-8-16-17-13-19(8)18-11(21-13)6-7-15-12(20)9-2-4-10(14)5-3-9/h2-5H,6-7H2,1H3,(H,15,20). The van der Waals surface area contributed by atoms with Gasteiger partial charge in [0.1, 0.15) is 5.01 Å². The number of fused-ring (bicyclic) bond motifs is 1. The fourth-order valence-electron chi connectivity index (χ4n) is 1.84. The fraction of sp³-hybridized carbons (Fsp3) is 0.231. The van der Waals surface area contributed by atoms with E-state index in [9.17, 15) is 4.79 Å². The van der Waals surface area contributed by atoms with E-state index in [1.807, 2.05) is 19.1 Å². The monoisotopic (exact) mass is 365 g/mol. The highest BCUT2D eigenvalue weighted by Gasteiger charge is 2.09. The lowest BCUT2D eigenvalue weighted by atomic mass is 10.2. The normalized spacial score (nSPS) is 11.0. The first kappa shape index (κ1) is 14.2. The minimum absolute atomic E-state index is 0.0818. The lowest BCUT2D eigenvalue weighted by molar-refractivity contribution is 0.0954. The van der Waals surface area contributed by atoms with Crippen molar-refractivity contribution in [1.82, 2.24) is 25.1 Å². The third-order valence-electron chi connectivity index (χ3n) is 2.92. The molecule has 0 aliphatic rings. The highest BCUT2D eigenvalue weighted by molar-refractivity contribution is 9.10. The number of aromatic nitrogens is 4. The molecule has 1 amide bonds. The van der Waals surface area contributed by atoms with Crippen LogP contribution in [-0.4, -0.2) is 32.3 Å². The Hall–Kier alpha value is -1.80. The van der Waals surface area contributed by atoms with Crippen LogP contribution in [0.3, 0.4) is 0 Å². The first-order chi connectivity index (χ1) is 10.1. The Kier molecular flexibility index (Phi) is 3.98. The molecule has 3 rings (SSSR count). The summed E-state index contributed by atoms with van der Waals surface area (Å²) in [7, 11) is 0. The van der Waals surface area contributed by atoms with Crippen LogP contribution in [0.5, 0.6) is 0 Å². The molecule has 0 saturated carbocycles. The Balaban J connectivity index is 1.58. The van der Waals surface area contributed by atoms with Gasteiger partial charge in [0.05, 0.1) is 0 Å². The first-order valence-electron chi connectivity index (χ1n) is 6.35. The van der Waals surface area contributed by atoms with Crippen molar-refractivity contribution in [3.05, 3.63) is 45.1 Å². The summed E-state index contributed by atoms with van der Waals surface area (Å²) >= 11 is 4.83. The smallest absolute Gasteiger partial charge is 0.251 e. The molecule has 0 atom stereocenters. The topological polar surface area (TPSA) is 72.2 Å². The Bertz CT molecular complexity index is 780. The van der Waals surface area contributed by atoms with Crippen LogP contribution >= 0.6 is 27.3 Å². The van der Waals surface area contributed by atoms with Crippen molar-refractivity contribution in [2.75, 3.05) is 6.54 Å². The van der Waals surface area contributed by atoms with E-state index in [1.54, 1.807) is 16.6 Å². The molecule has 2 aromatic heterocycles. The van der Waals surface area contributed by atoms with Crippen LogP contribution in [0.4, 0.5) is 0 Å². The van der Waals surface area contributed by atoms with Crippen molar-refractivity contribution < 1.29 is 4.79 Å². The second-order valence-electron chi connectivity index (χ2n) is 4.45. The molecule has 0 unspecified atom stereocenters. The summed E-state index contributed by atoms with van der Waals surface area (Å²) in [4.78, 5) is 12.7. The third kappa shape index (κ3) is 3.11. The van der Waals surface area contributed by atoms with E-state index in [-0.39, 0.29) is 5.91 Å². The van der Waals surface area contributed by atoms with Gasteiger partial charge in [0.2, 0.25) is 4.96 Å². The van der Waals surface area contributed by atoms with E-state index in [1.165, 1.54) is 11.3 Å². The van der Waals surface area contributed by atoms with Crippen molar-refractivity contribution in [2.45, 2.75) is 13.3 Å². The molecule has 0 fully saturated rings. The number of hydrogen-bond donors (Lipinski definition) is 1. The summed E-state index contributed by atoms with van der Waals surface area (Å²) in [5.41, 5.74) is 0.646. The van der Waals surface area contributed by atoms with E-state index in [0.29, 0.717) is 18.5 Å². The number of halogens is 1. The van der Waals surface area contributed by atoms with Gasteiger partial charge in [-0.25, -0.2) is 0 Å². The third-order valence-corrected chi connectivity index (χ3v) is 4.41. The lowest BCUT2D eigenvalue weighted by Crippen LogP contribution is -2.25. The quantitative estimate of drug-likeness (QED) is 0.769. The van der Waals surface area contributed by atoms with Gasteiger partial charge in [-0.3, -0.25) is 4.79 Å². The zero-order chi connectivity index (χ0) is 14.8. The molecule has 1 aromatic carbocycles. The lowest BCUT2D eigenvalue weighted by Gasteiger charge is -2.03. The van der Waals surface area contributed by atoms with E-state index in [4.69, 9.17) is 0 Å².